The number of benzene rings is 1. The Balaban J connectivity index is 2.61. The molecule has 0 aliphatic heterocycles. The van der Waals surface area contributed by atoms with Gasteiger partial charge in [-0.05, 0) is 24.6 Å². The lowest BCUT2D eigenvalue weighted by atomic mass is 10.1. The maximum Gasteiger partial charge on any atom is 0.0810 e. The van der Waals surface area contributed by atoms with Gasteiger partial charge in [-0.1, -0.05) is 24.3 Å². The first kappa shape index (κ1) is 10.8. The van der Waals surface area contributed by atoms with Crippen LogP contribution in [0.2, 0.25) is 0 Å². The molecule has 2 aromatic rings. The summed E-state index contributed by atoms with van der Waals surface area (Å²) in [6.45, 7) is 5.81. The highest BCUT2D eigenvalue weighted by Gasteiger charge is 2.09. The fourth-order valence-corrected chi connectivity index (χ4v) is 1.81. The molecule has 1 heterocycles. The van der Waals surface area contributed by atoms with Crippen LogP contribution in [-0.4, -0.2) is 4.98 Å². The average Bonchev–Trinajstić information content (AvgIpc) is 2.31. The molecule has 0 spiro atoms. The Morgan fingerprint density at radius 2 is 2.19 bits per heavy atom. The molecular formula is C13H15N3. The van der Waals surface area contributed by atoms with Gasteiger partial charge < -0.3 is 0 Å². The van der Waals surface area contributed by atoms with Crippen LogP contribution in [-0.2, 0) is 0 Å². The molecule has 0 amide bonds. The van der Waals surface area contributed by atoms with E-state index in [0.717, 1.165) is 11.2 Å². The van der Waals surface area contributed by atoms with E-state index in [4.69, 9.17) is 5.84 Å². The van der Waals surface area contributed by atoms with Gasteiger partial charge in [0.25, 0.3) is 0 Å². The lowest BCUT2D eigenvalue weighted by Gasteiger charge is -2.12. The van der Waals surface area contributed by atoms with Crippen molar-refractivity contribution in [1.29, 1.82) is 0 Å². The highest BCUT2D eigenvalue weighted by molar-refractivity contribution is 5.82. The number of nitrogens with zero attached hydrogens (tertiary/aromatic N) is 1. The standard InChI is InChI=1S/C13H15N3/c1-3-11(16-14)13-8-9(2)10-6-4-5-7-12(10)15-13/h3-8,11,16H,1,14H2,2H3. The van der Waals surface area contributed by atoms with Crippen molar-refractivity contribution in [2.45, 2.75) is 13.0 Å². The number of rotatable bonds is 3. The van der Waals surface area contributed by atoms with Crippen molar-refractivity contribution in [2.24, 2.45) is 5.84 Å². The van der Waals surface area contributed by atoms with Gasteiger partial charge in [-0.2, -0.15) is 0 Å². The van der Waals surface area contributed by atoms with Gasteiger partial charge in [0.15, 0.2) is 0 Å². The van der Waals surface area contributed by atoms with Crippen molar-refractivity contribution in [3.05, 3.63) is 54.2 Å². The van der Waals surface area contributed by atoms with Crippen molar-refractivity contribution >= 4 is 10.9 Å². The molecule has 3 nitrogen and oxygen atoms in total. The third-order valence-corrected chi connectivity index (χ3v) is 2.68. The average molecular weight is 213 g/mol. The number of aryl methyl sites for hydroxylation is 1. The molecule has 3 N–H and O–H groups in total. The predicted molar refractivity (Wildman–Crippen MR) is 66.7 cm³/mol. The predicted octanol–water partition coefficient (Wildman–Crippen LogP) is 2.23. The first-order valence-corrected chi connectivity index (χ1v) is 5.21. The van der Waals surface area contributed by atoms with E-state index in [1.165, 1.54) is 10.9 Å². The fraction of sp³-hybridized carbons (Fsp3) is 0.154. The van der Waals surface area contributed by atoms with Crippen LogP contribution >= 0.6 is 0 Å². The molecule has 0 aliphatic carbocycles. The van der Waals surface area contributed by atoms with Gasteiger partial charge in [0, 0.05) is 5.39 Å². The highest BCUT2D eigenvalue weighted by atomic mass is 15.2. The molecular weight excluding hydrogens is 198 g/mol. The Hall–Kier alpha value is -1.71. The molecule has 0 aliphatic rings. The zero-order chi connectivity index (χ0) is 11.5. The zero-order valence-corrected chi connectivity index (χ0v) is 9.27. The quantitative estimate of drug-likeness (QED) is 0.467. The lowest BCUT2D eigenvalue weighted by molar-refractivity contribution is 0.642. The number of nitrogens with two attached hydrogens (primary N) is 1. The first-order valence-electron chi connectivity index (χ1n) is 5.21. The van der Waals surface area contributed by atoms with E-state index in [9.17, 15) is 0 Å². The Morgan fingerprint density at radius 3 is 2.88 bits per heavy atom. The van der Waals surface area contributed by atoms with Crippen LogP contribution in [0.1, 0.15) is 17.3 Å². The molecule has 2 rings (SSSR count). The summed E-state index contributed by atoms with van der Waals surface area (Å²) in [7, 11) is 0. The molecule has 82 valence electrons. The van der Waals surface area contributed by atoms with Crippen molar-refractivity contribution in [1.82, 2.24) is 10.4 Å². The molecule has 3 heteroatoms. The molecule has 0 saturated carbocycles. The summed E-state index contributed by atoms with van der Waals surface area (Å²) >= 11 is 0. The molecule has 0 fully saturated rings. The van der Waals surface area contributed by atoms with E-state index in [2.05, 4.69) is 30.0 Å². The molecule has 1 unspecified atom stereocenters. The minimum atomic E-state index is -0.108. The van der Waals surface area contributed by atoms with E-state index in [0.29, 0.717) is 0 Å². The second-order valence-corrected chi connectivity index (χ2v) is 3.76. The Morgan fingerprint density at radius 1 is 1.44 bits per heavy atom. The normalized spacial score (nSPS) is 12.6. The molecule has 0 bridgehead atoms. The SMILES string of the molecule is C=CC(NN)c1cc(C)c2ccccc2n1. The lowest BCUT2D eigenvalue weighted by Crippen LogP contribution is -2.27. The molecule has 1 aromatic heterocycles. The van der Waals surface area contributed by atoms with Crippen LogP contribution in [0, 0.1) is 6.92 Å². The molecule has 1 atom stereocenters. The van der Waals surface area contributed by atoms with Crippen molar-refractivity contribution in [3.63, 3.8) is 0 Å². The molecule has 1 aromatic carbocycles. The van der Waals surface area contributed by atoms with Crippen LogP contribution in [0.5, 0.6) is 0 Å². The minimum Gasteiger partial charge on any atom is -0.271 e. The van der Waals surface area contributed by atoms with E-state index in [1.807, 2.05) is 24.3 Å². The third-order valence-electron chi connectivity index (χ3n) is 2.68. The summed E-state index contributed by atoms with van der Waals surface area (Å²) in [4.78, 5) is 4.56. The topological polar surface area (TPSA) is 50.9 Å². The summed E-state index contributed by atoms with van der Waals surface area (Å²) in [6.07, 6.45) is 1.75. The van der Waals surface area contributed by atoms with Gasteiger partial charge >= 0.3 is 0 Å². The minimum absolute atomic E-state index is 0.108. The van der Waals surface area contributed by atoms with Crippen LogP contribution in [0.25, 0.3) is 10.9 Å². The number of para-hydroxylation sites is 1. The third kappa shape index (κ3) is 1.83. The zero-order valence-electron chi connectivity index (χ0n) is 9.27. The van der Waals surface area contributed by atoms with E-state index < -0.39 is 0 Å². The van der Waals surface area contributed by atoms with Crippen molar-refractivity contribution in [2.75, 3.05) is 0 Å². The maximum absolute atomic E-state index is 5.45. The van der Waals surface area contributed by atoms with Gasteiger partial charge in [-0.15, -0.1) is 6.58 Å². The number of pyridine rings is 1. The summed E-state index contributed by atoms with van der Waals surface area (Å²) in [5.41, 5.74) is 5.76. The van der Waals surface area contributed by atoms with Crippen molar-refractivity contribution in [3.8, 4) is 0 Å². The summed E-state index contributed by atoms with van der Waals surface area (Å²) in [5.74, 6) is 5.45. The van der Waals surface area contributed by atoms with Crippen LogP contribution in [0.15, 0.2) is 43.0 Å². The highest BCUT2D eigenvalue weighted by Crippen LogP contribution is 2.20. The van der Waals surface area contributed by atoms with E-state index in [1.54, 1.807) is 6.08 Å². The summed E-state index contributed by atoms with van der Waals surface area (Å²) < 4.78 is 0. The van der Waals surface area contributed by atoms with Gasteiger partial charge in [0.05, 0.1) is 17.3 Å². The van der Waals surface area contributed by atoms with E-state index in [-0.39, 0.29) is 6.04 Å². The van der Waals surface area contributed by atoms with Crippen LogP contribution in [0.4, 0.5) is 0 Å². The number of fused-ring (bicyclic) bond motifs is 1. The van der Waals surface area contributed by atoms with Gasteiger partial charge in [0.2, 0.25) is 0 Å². The fourth-order valence-electron chi connectivity index (χ4n) is 1.81. The van der Waals surface area contributed by atoms with Gasteiger partial charge in [0.1, 0.15) is 0 Å². The van der Waals surface area contributed by atoms with Crippen LogP contribution in [0.3, 0.4) is 0 Å². The smallest absolute Gasteiger partial charge is 0.0810 e. The summed E-state index contributed by atoms with van der Waals surface area (Å²) in [5, 5.41) is 1.17. The Labute approximate surface area is 95.0 Å². The van der Waals surface area contributed by atoms with Gasteiger partial charge in [-0.3, -0.25) is 10.8 Å². The van der Waals surface area contributed by atoms with E-state index >= 15 is 0 Å². The molecule has 16 heavy (non-hydrogen) atoms. The number of nitrogens with one attached hydrogen (secondary N) is 1. The largest absolute Gasteiger partial charge is 0.271 e. The maximum atomic E-state index is 5.45. The van der Waals surface area contributed by atoms with Crippen molar-refractivity contribution < 1.29 is 0 Å². The second-order valence-electron chi connectivity index (χ2n) is 3.76. The second kappa shape index (κ2) is 4.43. The molecule has 0 radical (unpaired) electrons. The number of aromatic nitrogens is 1. The first-order chi connectivity index (χ1) is 7.76. The Bertz CT molecular complexity index is 520. The molecule has 0 saturated heterocycles. The van der Waals surface area contributed by atoms with Crippen LogP contribution < -0.4 is 11.3 Å². The number of hydrazine groups is 1. The number of hydrogen-bond donors (Lipinski definition) is 2. The number of hydrogen-bond acceptors (Lipinski definition) is 3. The summed E-state index contributed by atoms with van der Waals surface area (Å²) in [6, 6.07) is 10.0. The monoisotopic (exact) mass is 213 g/mol. The Kier molecular flexibility index (Phi) is 2.99. The van der Waals surface area contributed by atoms with Gasteiger partial charge in [-0.25, -0.2) is 5.43 Å².